The van der Waals surface area contributed by atoms with Gasteiger partial charge in [-0.1, -0.05) is 12.1 Å². The number of fused-ring (bicyclic) bond motifs is 1. The Balaban J connectivity index is 1.60. The number of sulfonamides is 1. The molecule has 3 aromatic carbocycles. The lowest BCUT2D eigenvalue weighted by Gasteiger charge is -2.13. The van der Waals surface area contributed by atoms with Crippen molar-refractivity contribution in [2.45, 2.75) is 11.8 Å². The number of nitrogens with one attached hydrogen (secondary N) is 2. The van der Waals surface area contributed by atoms with Gasteiger partial charge in [0.15, 0.2) is 6.61 Å². The zero-order valence-corrected chi connectivity index (χ0v) is 19.4. The van der Waals surface area contributed by atoms with Crippen LogP contribution in [0.1, 0.15) is 6.92 Å². The molecule has 4 aromatic rings. The summed E-state index contributed by atoms with van der Waals surface area (Å²) in [4.78, 5) is 19.2. The first-order chi connectivity index (χ1) is 16.4. The Hall–Kier alpha value is -4.05. The van der Waals surface area contributed by atoms with Gasteiger partial charge in [0.05, 0.1) is 35.3 Å². The summed E-state index contributed by atoms with van der Waals surface area (Å²) in [5.41, 5.74) is 2.47. The molecule has 0 atom stereocenters. The van der Waals surface area contributed by atoms with E-state index in [1.54, 1.807) is 25.1 Å². The zero-order chi connectivity index (χ0) is 24.1. The molecule has 0 aliphatic heterocycles. The fourth-order valence-corrected chi connectivity index (χ4v) is 4.36. The summed E-state index contributed by atoms with van der Waals surface area (Å²) in [6.07, 6.45) is 0. The first kappa shape index (κ1) is 23.1. The molecule has 0 amide bonds. The first-order valence-corrected chi connectivity index (χ1v) is 11.9. The molecule has 0 fully saturated rings. The van der Waals surface area contributed by atoms with Crippen molar-refractivity contribution in [2.75, 3.05) is 25.0 Å². The number of hydrogen-bond acceptors (Lipinski definition) is 7. The van der Waals surface area contributed by atoms with Crippen molar-refractivity contribution in [3.05, 3.63) is 66.7 Å². The van der Waals surface area contributed by atoms with Crippen molar-refractivity contribution < 1.29 is 27.4 Å². The largest absolute Gasteiger partial charge is 0.497 e. The molecule has 0 saturated carbocycles. The summed E-state index contributed by atoms with van der Waals surface area (Å²) in [5, 5.41) is 0. The number of carbonyl (C=O) groups is 1. The number of methoxy groups -OCH3 is 1. The molecule has 0 aliphatic carbocycles. The van der Waals surface area contributed by atoms with Gasteiger partial charge in [-0.2, -0.15) is 0 Å². The molecular formula is C24H23N3O6S. The smallest absolute Gasteiger partial charge is 0.344 e. The highest BCUT2D eigenvalue weighted by molar-refractivity contribution is 7.92. The second-order valence-electron chi connectivity index (χ2n) is 7.18. The predicted molar refractivity (Wildman–Crippen MR) is 127 cm³/mol. The summed E-state index contributed by atoms with van der Waals surface area (Å²) >= 11 is 0. The first-order valence-electron chi connectivity index (χ1n) is 10.4. The molecule has 0 spiro atoms. The topological polar surface area (TPSA) is 120 Å². The number of para-hydroxylation sites is 2. The molecular weight excluding hydrogens is 458 g/mol. The number of carbonyl (C=O) groups excluding carboxylic acids is 1. The summed E-state index contributed by atoms with van der Waals surface area (Å²) in [7, 11) is -2.45. The number of nitrogens with zero attached hydrogens (tertiary/aromatic N) is 1. The number of aromatic nitrogens is 2. The molecule has 1 heterocycles. The molecule has 1 aromatic heterocycles. The number of aromatic amines is 1. The van der Waals surface area contributed by atoms with Gasteiger partial charge in [-0.15, -0.1) is 0 Å². The van der Waals surface area contributed by atoms with E-state index in [4.69, 9.17) is 14.2 Å². The molecule has 34 heavy (non-hydrogen) atoms. The molecule has 0 unspecified atom stereocenters. The minimum absolute atomic E-state index is 0.0226. The van der Waals surface area contributed by atoms with Crippen LogP contribution in [-0.4, -0.2) is 44.7 Å². The van der Waals surface area contributed by atoms with Gasteiger partial charge in [-0.3, -0.25) is 4.72 Å². The third-order valence-corrected chi connectivity index (χ3v) is 6.29. The van der Waals surface area contributed by atoms with Crippen LogP contribution in [0.4, 0.5) is 5.69 Å². The van der Waals surface area contributed by atoms with Crippen LogP contribution in [0, 0.1) is 0 Å². The molecule has 176 valence electrons. The van der Waals surface area contributed by atoms with Gasteiger partial charge in [-0.25, -0.2) is 18.2 Å². The summed E-state index contributed by atoms with van der Waals surface area (Å²) in [6, 6.07) is 18.3. The number of imidazole rings is 1. The van der Waals surface area contributed by atoms with E-state index < -0.39 is 16.0 Å². The molecule has 10 heteroatoms. The maximum atomic E-state index is 13.1. The van der Waals surface area contributed by atoms with Crippen LogP contribution < -0.4 is 14.2 Å². The number of anilines is 1. The molecule has 0 saturated heterocycles. The van der Waals surface area contributed by atoms with Crippen LogP contribution in [0.5, 0.6) is 11.5 Å². The predicted octanol–water partition coefficient (Wildman–Crippen LogP) is 3.98. The Morgan fingerprint density at radius 2 is 1.76 bits per heavy atom. The van der Waals surface area contributed by atoms with Crippen molar-refractivity contribution in [2.24, 2.45) is 0 Å². The number of hydrogen-bond donors (Lipinski definition) is 2. The van der Waals surface area contributed by atoms with Crippen LogP contribution in [0.3, 0.4) is 0 Å². The van der Waals surface area contributed by atoms with Gasteiger partial charge in [0.1, 0.15) is 17.3 Å². The third kappa shape index (κ3) is 5.12. The molecule has 9 nitrogen and oxygen atoms in total. The van der Waals surface area contributed by atoms with Gasteiger partial charge in [-0.05, 0) is 55.5 Å². The number of benzene rings is 3. The normalized spacial score (nSPS) is 11.2. The number of rotatable bonds is 9. The molecule has 0 bridgehead atoms. The highest BCUT2D eigenvalue weighted by Gasteiger charge is 2.19. The number of esters is 1. The minimum Gasteiger partial charge on any atom is -0.497 e. The monoisotopic (exact) mass is 481 g/mol. The van der Waals surface area contributed by atoms with E-state index in [0.717, 1.165) is 11.0 Å². The standard InChI is InChI=1S/C24H23N3O6S/c1-3-32-23(28)15-33-16-8-11-18(12-9-16)34(29,30)27-22-14-17(31-2)10-13-19(22)24-25-20-6-4-5-7-21(20)26-24/h4-14,27H,3,15H2,1-2H3,(H,25,26). The minimum atomic E-state index is -3.95. The van der Waals surface area contributed by atoms with E-state index >= 15 is 0 Å². The van der Waals surface area contributed by atoms with Gasteiger partial charge in [0.25, 0.3) is 10.0 Å². The summed E-state index contributed by atoms with van der Waals surface area (Å²) in [6.45, 7) is 1.70. The zero-order valence-electron chi connectivity index (χ0n) is 18.6. The number of H-pyrrole nitrogens is 1. The van der Waals surface area contributed by atoms with E-state index in [0.29, 0.717) is 28.6 Å². The van der Waals surface area contributed by atoms with E-state index in [1.807, 2.05) is 24.3 Å². The SMILES string of the molecule is CCOC(=O)COc1ccc(S(=O)(=O)Nc2cc(OC)ccc2-c2nc3ccccc3[nH]2)cc1. The van der Waals surface area contributed by atoms with Crippen LogP contribution in [0.2, 0.25) is 0 Å². The molecule has 2 N–H and O–H groups in total. The fourth-order valence-electron chi connectivity index (χ4n) is 3.29. The Morgan fingerprint density at radius 1 is 1.03 bits per heavy atom. The Morgan fingerprint density at radius 3 is 2.47 bits per heavy atom. The van der Waals surface area contributed by atoms with Crippen LogP contribution in [-0.2, 0) is 19.6 Å². The average molecular weight is 482 g/mol. The van der Waals surface area contributed by atoms with E-state index in [9.17, 15) is 13.2 Å². The second kappa shape index (κ2) is 9.84. The van der Waals surface area contributed by atoms with E-state index in [-0.39, 0.29) is 18.1 Å². The highest BCUT2D eigenvalue weighted by Crippen LogP contribution is 2.33. The average Bonchev–Trinajstić information content (AvgIpc) is 3.27. The maximum absolute atomic E-state index is 13.1. The van der Waals surface area contributed by atoms with Crippen molar-refractivity contribution in [3.8, 4) is 22.9 Å². The Bertz CT molecular complexity index is 1380. The Kier molecular flexibility index (Phi) is 6.69. The fraction of sp³-hybridized carbons (Fsp3) is 0.167. The molecule has 4 rings (SSSR count). The van der Waals surface area contributed by atoms with E-state index in [1.165, 1.54) is 31.4 Å². The van der Waals surface area contributed by atoms with Crippen molar-refractivity contribution in [3.63, 3.8) is 0 Å². The van der Waals surface area contributed by atoms with Crippen LogP contribution >= 0.6 is 0 Å². The van der Waals surface area contributed by atoms with E-state index in [2.05, 4.69) is 14.7 Å². The number of ether oxygens (including phenoxy) is 3. The quantitative estimate of drug-likeness (QED) is 0.347. The van der Waals surface area contributed by atoms with Gasteiger partial charge < -0.3 is 19.2 Å². The summed E-state index contributed by atoms with van der Waals surface area (Å²) < 4.78 is 44.3. The van der Waals surface area contributed by atoms with Gasteiger partial charge in [0, 0.05) is 11.6 Å². The lowest BCUT2D eigenvalue weighted by atomic mass is 10.1. The molecule has 0 aliphatic rings. The van der Waals surface area contributed by atoms with Gasteiger partial charge in [0.2, 0.25) is 0 Å². The highest BCUT2D eigenvalue weighted by atomic mass is 32.2. The van der Waals surface area contributed by atoms with Crippen molar-refractivity contribution in [1.82, 2.24) is 9.97 Å². The Labute approximate surface area is 196 Å². The van der Waals surface area contributed by atoms with Crippen LogP contribution in [0.25, 0.3) is 22.4 Å². The summed E-state index contributed by atoms with van der Waals surface area (Å²) in [5.74, 6) is 0.845. The lowest BCUT2D eigenvalue weighted by molar-refractivity contribution is -0.145. The second-order valence-corrected chi connectivity index (χ2v) is 8.87. The maximum Gasteiger partial charge on any atom is 0.344 e. The third-order valence-electron chi connectivity index (χ3n) is 4.91. The lowest BCUT2D eigenvalue weighted by Crippen LogP contribution is -2.15. The van der Waals surface area contributed by atoms with Crippen molar-refractivity contribution in [1.29, 1.82) is 0 Å². The van der Waals surface area contributed by atoms with Crippen molar-refractivity contribution >= 4 is 32.7 Å². The van der Waals surface area contributed by atoms with Crippen LogP contribution in [0.15, 0.2) is 71.6 Å². The molecule has 0 radical (unpaired) electrons. The van der Waals surface area contributed by atoms with Gasteiger partial charge >= 0.3 is 5.97 Å².